The van der Waals surface area contributed by atoms with Crippen LogP contribution in [0, 0.1) is 20.8 Å². The Kier molecular flexibility index (Phi) is 8.47. The molecule has 2 unspecified atom stereocenters. The summed E-state index contributed by atoms with van der Waals surface area (Å²) in [6.45, 7) is 10.9. The maximum Gasteiger partial charge on any atom is 0.0480 e. The first-order chi connectivity index (χ1) is 18.4. The molecule has 0 saturated carbocycles. The van der Waals surface area contributed by atoms with Gasteiger partial charge >= 0.3 is 0 Å². The van der Waals surface area contributed by atoms with E-state index in [2.05, 4.69) is 120 Å². The first kappa shape index (κ1) is 28.6. The quantitative estimate of drug-likeness (QED) is 0.183. The molecule has 0 N–H and O–H groups in total. The van der Waals surface area contributed by atoms with E-state index < -0.39 is 15.1 Å². The molecule has 3 aromatic heterocycles. The Hall–Kier alpha value is -1.89. The third-order valence-corrected chi connectivity index (χ3v) is 14.4. The van der Waals surface area contributed by atoms with Gasteiger partial charge in [0, 0.05) is 64.4 Å². The summed E-state index contributed by atoms with van der Waals surface area (Å²) in [5.74, 6) is 0. The topological polar surface area (TPSA) is 0 Å². The van der Waals surface area contributed by atoms with Crippen LogP contribution in [0.2, 0.25) is 0 Å². The normalized spacial score (nSPS) is 12.2. The van der Waals surface area contributed by atoms with Gasteiger partial charge in [0.05, 0.1) is 0 Å². The van der Waals surface area contributed by atoms with Crippen LogP contribution in [0.25, 0.3) is 51.5 Å². The zero-order valence-corrected chi connectivity index (χ0v) is 27.9. The standard InChI is InChI=1S/C31H24P2S2.C3H8.V/c1-18-8-12-21(13-9-18)32-20(3)30(34)24-16-27-25(17-26(24)32)31-29(23-6-4-5-7-28(23)35-31)33(27)22-14-10-19(2)11-15-22;1-3-2;/h4-17,34H,1-3H3;3H2,1-2H3;. The van der Waals surface area contributed by atoms with Gasteiger partial charge in [0.1, 0.15) is 0 Å². The average molecular weight is 618 g/mol. The summed E-state index contributed by atoms with van der Waals surface area (Å²) < 4.78 is 2.87. The van der Waals surface area contributed by atoms with Crippen LogP contribution >= 0.6 is 39.0 Å². The maximum atomic E-state index is 5.08. The van der Waals surface area contributed by atoms with Gasteiger partial charge in [0.2, 0.25) is 0 Å². The smallest absolute Gasteiger partial charge is 0.0480 e. The SMILES string of the molecule is CCC.Cc1ccc(-p2c(C)c(S)c3cc4c(cc32)c2sc3ccccc3c2p4-c2ccc(C)cc2)cc1.[V]. The zero-order chi connectivity index (χ0) is 26.6. The second-order valence-electron chi connectivity index (χ2n) is 10.1. The fourth-order valence-corrected chi connectivity index (χ4v) is 12.8. The first-order valence-electron chi connectivity index (χ1n) is 13.3. The van der Waals surface area contributed by atoms with Gasteiger partial charge in [-0.2, -0.15) is 0 Å². The first-order valence-corrected chi connectivity index (χ1v) is 17.2. The van der Waals surface area contributed by atoms with Gasteiger partial charge in [-0.1, -0.05) is 113 Å². The van der Waals surface area contributed by atoms with Crippen molar-refractivity contribution in [2.24, 2.45) is 0 Å². The fourth-order valence-electron chi connectivity index (χ4n) is 5.35. The van der Waals surface area contributed by atoms with Gasteiger partial charge in [0.25, 0.3) is 0 Å². The summed E-state index contributed by atoms with van der Waals surface area (Å²) >= 11 is 7.05. The van der Waals surface area contributed by atoms with Crippen LogP contribution in [0.4, 0.5) is 0 Å². The molecule has 1 radical (unpaired) electrons. The van der Waals surface area contributed by atoms with E-state index in [-0.39, 0.29) is 18.6 Å². The second-order valence-corrected chi connectivity index (χ2v) is 16.1. The minimum Gasteiger partial charge on any atom is -0.142 e. The molecular formula is C34H32P2S2V. The molecule has 5 heteroatoms. The van der Waals surface area contributed by atoms with E-state index in [1.165, 1.54) is 74.1 Å². The van der Waals surface area contributed by atoms with Crippen molar-refractivity contribution >= 4 is 79.9 Å². The molecule has 4 aromatic carbocycles. The predicted molar refractivity (Wildman–Crippen MR) is 180 cm³/mol. The molecule has 195 valence electrons. The molecule has 0 aliphatic heterocycles. The molecule has 7 rings (SSSR count). The van der Waals surface area contributed by atoms with Crippen LogP contribution in [0.3, 0.4) is 0 Å². The number of thiol groups is 1. The van der Waals surface area contributed by atoms with E-state index in [1.807, 2.05) is 11.3 Å². The molecular weight excluding hydrogens is 585 g/mol. The van der Waals surface area contributed by atoms with E-state index in [4.69, 9.17) is 12.6 Å². The number of hydrogen-bond donors (Lipinski definition) is 1. The summed E-state index contributed by atoms with van der Waals surface area (Å²) in [6.07, 6.45) is 1.25. The van der Waals surface area contributed by atoms with Crippen LogP contribution in [0.5, 0.6) is 0 Å². The third kappa shape index (κ3) is 4.85. The summed E-state index contributed by atoms with van der Waals surface area (Å²) in [5, 5.41) is 13.0. The van der Waals surface area contributed by atoms with Gasteiger partial charge in [-0.05, 0) is 54.9 Å². The minimum absolute atomic E-state index is 0. The van der Waals surface area contributed by atoms with Crippen molar-refractivity contribution < 1.29 is 18.6 Å². The summed E-state index contributed by atoms with van der Waals surface area (Å²) in [6, 6.07) is 32.4. The molecule has 0 aliphatic rings. The Balaban J connectivity index is 0.000000739. The predicted octanol–water partition coefficient (Wildman–Crippen LogP) is 12.9. The number of fused-ring (bicyclic) bond motifs is 6. The zero-order valence-electron chi connectivity index (χ0n) is 23.0. The van der Waals surface area contributed by atoms with Crippen molar-refractivity contribution in [3.63, 3.8) is 0 Å². The van der Waals surface area contributed by atoms with E-state index in [1.54, 1.807) is 5.12 Å². The van der Waals surface area contributed by atoms with Crippen molar-refractivity contribution in [3.8, 4) is 10.6 Å². The minimum atomic E-state index is -0.599. The van der Waals surface area contributed by atoms with Crippen LogP contribution in [0.1, 0.15) is 36.7 Å². The number of thiophene rings is 1. The Morgan fingerprint density at radius 3 is 1.79 bits per heavy atom. The van der Waals surface area contributed by atoms with Gasteiger partial charge in [0.15, 0.2) is 0 Å². The number of hydrogen-bond acceptors (Lipinski definition) is 2. The van der Waals surface area contributed by atoms with Crippen LogP contribution in [0.15, 0.2) is 89.8 Å². The maximum absolute atomic E-state index is 5.08. The van der Waals surface area contributed by atoms with Crippen molar-refractivity contribution in [1.82, 2.24) is 0 Å². The molecule has 0 bridgehead atoms. The third-order valence-electron chi connectivity index (χ3n) is 7.15. The average Bonchev–Trinajstić information content (AvgIpc) is 3.52. The van der Waals surface area contributed by atoms with Crippen molar-refractivity contribution in [3.05, 3.63) is 101 Å². The molecule has 3 heterocycles. The number of aryl methyl sites for hydroxylation is 2. The van der Waals surface area contributed by atoms with Crippen LogP contribution in [-0.4, -0.2) is 0 Å². The summed E-state index contributed by atoms with van der Waals surface area (Å²) in [7, 11) is -1.15. The van der Waals surface area contributed by atoms with Gasteiger partial charge in [-0.15, -0.1) is 24.0 Å². The molecule has 2 atom stereocenters. The molecule has 0 spiro atoms. The molecule has 0 nitrogen and oxygen atoms in total. The Morgan fingerprint density at radius 2 is 1.18 bits per heavy atom. The molecule has 0 amide bonds. The van der Waals surface area contributed by atoms with Crippen molar-refractivity contribution in [1.29, 1.82) is 0 Å². The van der Waals surface area contributed by atoms with Gasteiger partial charge < -0.3 is 0 Å². The van der Waals surface area contributed by atoms with E-state index in [0.717, 1.165) is 0 Å². The fraction of sp³-hybridized carbons (Fsp3) is 0.176. The van der Waals surface area contributed by atoms with Crippen molar-refractivity contribution in [2.75, 3.05) is 0 Å². The van der Waals surface area contributed by atoms with E-state index in [9.17, 15) is 0 Å². The monoisotopic (exact) mass is 617 g/mol. The molecule has 0 saturated heterocycles. The summed E-state index contributed by atoms with van der Waals surface area (Å²) in [4.78, 5) is 1.17. The second kappa shape index (κ2) is 11.5. The molecule has 39 heavy (non-hydrogen) atoms. The van der Waals surface area contributed by atoms with Crippen LogP contribution in [-0.2, 0) is 18.6 Å². The van der Waals surface area contributed by atoms with E-state index >= 15 is 0 Å². The van der Waals surface area contributed by atoms with E-state index in [0.29, 0.717) is 0 Å². The number of rotatable bonds is 2. The van der Waals surface area contributed by atoms with Crippen LogP contribution < -0.4 is 0 Å². The molecule has 0 aliphatic carbocycles. The Morgan fingerprint density at radius 1 is 0.667 bits per heavy atom. The Bertz CT molecular complexity index is 1940. The molecule has 7 aromatic rings. The summed E-state index contributed by atoms with van der Waals surface area (Å²) in [5.41, 5.74) is 2.62. The largest absolute Gasteiger partial charge is 0.142 e. The van der Waals surface area contributed by atoms with Gasteiger partial charge in [-0.25, -0.2) is 0 Å². The Labute approximate surface area is 254 Å². The van der Waals surface area contributed by atoms with Crippen molar-refractivity contribution in [2.45, 2.75) is 45.9 Å². The number of benzene rings is 4. The van der Waals surface area contributed by atoms with Gasteiger partial charge in [-0.3, -0.25) is 0 Å². The molecule has 0 fully saturated rings.